The lowest BCUT2D eigenvalue weighted by atomic mass is 10.0. The molecule has 3 aliphatic rings. The van der Waals surface area contributed by atoms with E-state index >= 15 is 0 Å². The van der Waals surface area contributed by atoms with Crippen molar-refractivity contribution in [1.29, 1.82) is 0 Å². The van der Waals surface area contributed by atoms with Crippen LogP contribution in [0.2, 0.25) is 0 Å². The summed E-state index contributed by atoms with van der Waals surface area (Å²) in [5.41, 5.74) is 1.11. The fourth-order valence-electron chi connectivity index (χ4n) is 3.95. The molecule has 6 heteroatoms. The molecule has 0 spiro atoms. The lowest BCUT2D eigenvalue weighted by Crippen LogP contribution is -2.37. The highest BCUT2D eigenvalue weighted by molar-refractivity contribution is 5.89. The van der Waals surface area contributed by atoms with Crippen LogP contribution >= 0.6 is 0 Å². The lowest BCUT2D eigenvalue weighted by Gasteiger charge is -2.26. The van der Waals surface area contributed by atoms with Crippen LogP contribution in [0.1, 0.15) is 43.7 Å². The van der Waals surface area contributed by atoms with Gasteiger partial charge in [0.25, 0.3) is 0 Å². The van der Waals surface area contributed by atoms with Gasteiger partial charge in [0.2, 0.25) is 11.8 Å². The number of aromatic nitrogens is 2. The van der Waals surface area contributed by atoms with E-state index in [9.17, 15) is 9.59 Å². The molecule has 0 bridgehead atoms. The minimum atomic E-state index is -0.154. The first-order chi connectivity index (χ1) is 11.1. The van der Waals surface area contributed by atoms with Crippen LogP contribution in [0.3, 0.4) is 0 Å². The van der Waals surface area contributed by atoms with Crippen molar-refractivity contribution in [1.82, 2.24) is 19.6 Å². The maximum Gasteiger partial charge on any atom is 0.228 e. The second-order valence-electron chi connectivity index (χ2n) is 7.28. The number of nitrogens with zero attached hydrogens (tertiary/aromatic N) is 4. The average Bonchev–Trinajstić information content (AvgIpc) is 2.91. The summed E-state index contributed by atoms with van der Waals surface area (Å²) in [5.74, 6) is 0.844. The Hall–Kier alpha value is -1.85. The summed E-state index contributed by atoms with van der Waals surface area (Å²) in [6, 6.07) is 0.129. The monoisotopic (exact) mass is 316 g/mol. The Kier molecular flexibility index (Phi) is 3.62. The SMILES string of the molecule is Cn1cc([C@@H]2CCCN2C(=O)[C@H]2CC(=O)N(CC3CC3)C2)cn1. The van der Waals surface area contributed by atoms with E-state index in [-0.39, 0.29) is 23.8 Å². The molecule has 3 fully saturated rings. The van der Waals surface area contributed by atoms with Crippen molar-refractivity contribution in [3.63, 3.8) is 0 Å². The number of carbonyl (C=O) groups excluding carboxylic acids is 2. The van der Waals surface area contributed by atoms with Gasteiger partial charge in [0.1, 0.15) is 0 Å². The molecular formula is C17H24N4O2. The third kappa shape index (κ3) is 2.86. The Morgan fingerprint density at radius 3 is 2.87 bits per heavy atom. The molecule has 0 radical (unpaired) electrons. The quantitative estimate of drug-likeness (QED) is 0.842. The number of carbonyl (C=O) groups is 2. The molecule has 23 heavy (non-hydrogen) atoms. The summed E-state index contributed by atoms with van der Waals surface area (Å²) in [7, 11) is 1.90. The number of aryl methyl sites for hydroxylation is 1. The van der Waals surface area contributed by atoms with Crippen molar-refractivity contribution in [2.24, 2.45) is 18.9 Å². The minimum absolute atomic E-state index is 0.129. The summed E-state index contributed by atoms with van der Waals surface area (Å²) in [6.07, 6.45) is 8.73. The second kappa shape index (κ2) is 5.65. The standard InChI is InChI=1S/C17H24N4O2/c1-19-10-14(8-18-19)15-3-2-6-21(15)17(23)13-7-16(22)20(11-13)9-12-4-5-12/h8,10,12-13,15H,2-7,9,11H2,1H3/t13-,15-/m0/s1. The lowest BCUT2D eigenvalue weighted by molar-refractivity contribution is -0.136. The number of likely N-dealkylation sites (tertiary alicyclic amines) is 2. The van der Waals surface area contributed by atoms with Gasteiger partial charge >= 0.3 is 0 Å². The summed E-state index contributed by atoms with van der Waals surface area (Å²) >= 11 is 0. The fraction of sp³-hybridized carbons (Fsp3) is 0.706. The molecule has 2 saturated heterocycles. The topological polar surface area (TPSA) is 58.4 Å². The Morgan fingerprint density at radius 1 is 1.35 bits per heavy atom. The Labute approximate surface area is 136 Å². The highest BCUT2D eigenvalue weighted by Crippen LogP contribution is 2.36. The maximum atomic E-state index is 13.0. The third-order valence-electron chi connectivity index (χ3n) is 5.38. The first-order valence-corrected chi connectivity index (χ1v) is 8.68. The van der Waals surface area contributed by atoms with Gasteiger partial charge in [0, 0.05) is 44.9 Å². The zero-order valence-corrected chi connectivity index (χ0v) is 13.6. The molecule has 1 aromatic rings. The van der Waals surface area contributed by atoms with Crippen LogP contribution < -0.4 is 0 Å². The van der Waals surface area contributed by atoms with Gasteiger partial charge in [0.05, 0.1) is 18.2 Å². The number of hydrogen-bond donors (Lipinski definition) is 0. The largest absolute Gasteiger partial charge is 0.342 e. The van der Waals surface area contributed by atoms with Crippen LogP contribution in [0, 0.1) is 11.8 Å². The summed E-state index contributed by atoms with van der Waals surface area (Å²) in [5, 5.41) is 4.23. The zero-order chi connectivity index (χ0) is 16.0. The zero-order valence-electron chi connectivity index (χ0n) is 13.6. The van der Waals surface area contributed by atoms with Gasteiger partial charge < -0.3 is 9.80 Å². The molecule has 2 atom stereocenters. The van der Waals surface area contributed by atoms with Gasteiger partial charge in [-0.1, -0.05) is 0 Å². The Balaban J connectivity index is 1.44. The van der Waals surface area contributed by atoms with Gasteiger partial charge in [-0.2, -0.15) is 5.10 Å². The van der Waals surface area contributed by atoms with Crippen molar-refractivity contribution >= 4 is 11.8 Å². The number of rotatable bonds is 4. The first-order valence-electron chi connectivity index (χ1n) is 8.68. The fourth-order valence-corrected chi connectivity index (χ4v) is 3.95. The summed E-state index contributed by atoms with van der Waals surface area (Å²) in [4.78, 5) is 29.0. The molecular weight excluding hydrogens is 292 g/mol. The van der Waals surface area contributed by atoms with E-state index in [1.54, 1.807) is 4.68 Å². The van der Waals surface area contributed by atoms with Crippen molar-refractivity contribution < 1.29 is 9.59 Å². The molecule has 2 aliphatic heterocycles. The number of amides is 2. The van der Waals surface area contributed by atoms with Crippen molar-refractivity contribution in [2.45, 2.75) is 38.1 Å². The second-order valence-corrected chi connectivity index (χ2v) is 7.28. The molecule has 0 aromatic carbocycles. The molecule has 6 nitrogen and oxygen atoms in total. The van der Waals surface area contributed by atoms with Gasteiger partial charge in [-0.05, 0) is 31.6 Å². The van der Waals surface area contributed by atoms with Crippen molar-refractivity contribution in [3.05, 3.63) is 18.0 Å². The van der Waals surface area contributed by atoms with Crippen molar-refractivity contribution in [2.75, 3.05) is 19.6 Å². The van der Waals surface area contributed by atoms with Gasteiger partial charge in [0.15, 0.2) is 0 Å². The van der Waals surface area contributed by atoms with E-state index in [1.165, 1.54) is 12.8 Å². The predicted octanol–water partition coefficient (Wildman–Crippen LogP) is 1.34. The highest BCUT2D eigenvalue weighted by Gasteiger charge is 2.41. The van der Waals surface area contributed by atoms with E-state index < -0.39 is 0 Å². The Bertz CT molecular complexity index is 622. The van der Waals surface area contributed by atoms with Crippen LogP contribution in [0.4, 0.5) is 0 Å². The first kappa shape index (κ1) is 14.7. The molecule has 0 unspecified atom stereocenters. The van der Waals surface area contributed by atoms with E-state index in [2.05, 4.69) is 5.10 Å². The van der Waals surface area contributed by atoms with Crippen LogP contribution in [-0.4, -0.2) is 51.0 Å². The maximum absolute atomic E-state index is 13.0. The van der Waals surface area contributed by atoms with E-state index in [0.717, 1.165) is 31.5 Å². The van der Waals surface area contributed by atoms with Crippen LogP contribution in [0.25, 0.3) is 0 Å². The molecule has 1 saturated carbocycles. The molecule has 1 aliphatic carbocycles. The van der Waals surface area contributed by atoms with Crippen LogP contribution in [0.15, 0.2) is 12.4 Å². The smallest absolute Gasteiger partial charge is 0.228 e. The van der Waals surface area contributed by atoms with E-state index in [4.69, 9.17) is 0 Å². The van der Waals surface area contributed by atoms with Gasteiger partial charge in [-0.3, -0.25) is 14.3 Å². The predicted molar refractivity (Wildman–Crippen MR) is 84.3 cm³/mol. The normalized spacial score (nSPS) is 28.0. The summed E-state index contributed by atoms with van der Waals surface area (Å²) < 4.78 is 1.78. The molecule has 0 N–H and O–H groups in total. The summed E-state index contributed by atoms with van der Waals surface area (Å²) in [6.45, 7) is 2.27. The molecule has 3 heterocycles. The molecule has 2 amide bonds. The van der Waals surface area contributed by atoms with Crippen molar-refractivity contribution in [3.8, 4) is 0 Å². The minimum Gasteiger partial charge on any atom is -0.342 e. The molecule has 4 rings (SSSR count). The van der Waals surface area contributed by atoms with Crippen LogP contribution in [-0.2, 0) is 16.6 Å². The van der Waals surface area contributed by atoms with Gasteiger partial charge in [-0.25, -0.2) is 0 Å². The average molecular weight is 316 g/mol. The third-order valence-corrected chi connectivity index (χ3v) is 5.38. The van der Waals surface area contributed by atoms with E-state index in [0.29, 0.717) is 18.9 Å². The van der Waals surface area contributed by atoms with E-state index in [1.807, 2.05) is 29.2 Å². The molecule has 124 valence electrons. The number of hydrogen-bond acceptors (Lipinski definition) is 3. The highest BCUT2D eigenvalue weighted by atomic mass is 16.2. The van der Waals surface area contributed by atoms with Crippen LogP contribution in [0.5, 0.6) is 0 Å². The Morgan fingerprint density at radius 2 is 2.17 bits per heavy atom. The molecule has 1 aromatic heterocycles. The van der Waals surface area contributed by atoms with Gasteiger partial charge in [-0.15, -0.1) is 0 Å².